The van der Waals surface area contributed by atoms with Crippen LogP contribution in [0.25, 0.3) is 0 Å². The molecule has 2 saturated heterocycles. The summed E-state index contributed by atoms with van der Waals surface area (Å²) in [5.41, 5.74) is 1.01. The Hall–Kier alpha value is -1.45. The van der Waals surface area contributed by atoms with Gasteiger partial charge < -0.3 is 5.32 Å². The highest BCUT2D eigenvalue weighted by atomic mass is 32.2. The Morgan fingerprint density at radius 1 is 1.21 bits per heavy atom. The Balaban J connectivity index is 1.52. The molecule has 156 valence electrons. The first-order valence-electron chi connectivity index (χ1n) is 9.72. The lowest BCUT2D eigenvalue weighted by Gasteiger charge is -2.32. The van der Waals surface area contributed by atoms with E-state index < -0.39 is 19.9 Å². The lowest BCUT2D eigenvalue weighted by Crippen LogP contribution is -2.40. The summed E-state index contributed by atoms with van der Waals surface area (Å²) < 4.78 is 50.2. The van der Waals surface area contributed by atoms with Crippen molar-refractivity contribution in [2.24, 2.45) is 5.92 Å². The second-order valence-electron chi connectivity index (χ2n) is 7.89. The Morgan fingerprint density at radius 3 is 2.57 bits per heavy atom. The van der Waals surface area contributed by atoms with E-state index in [2.05, 4.69) is 5.32 Å². The van der Waals surface area contributed by atoms with Gasteiger partial charge in [0.1, 0.15) is 0 Å². The highest BCUT2D eigenvalue weighted by Crippen LogP contribution is 2.26. The predicted octanol–water partition coefficient (Wildman–Crippen LogP) is 1.48. The number of carbonyl (C=O) groups excluding carboxylic acids is 1. The van der Waals surface area contributed by atoms with E-state index in [1.54, 1.807) is 24.3 Å². The summed E-state index contributed by atoms with van der Waals surface area (Å²) in [4.78, 5) is 12.5. The van der Waals surface area contributed by atoms with Crippen LogP contribution in [0.15, 0.2) is 29.2 Å². The minimum Gasteiger partial charge on any atom is -0.352 e. The summed E-state index contributed by atoms with van der Waals surface area (Å²) in [7, 11) is -6.53. The van der Waals surface area contributed by atoms with Crippen molar-refractivity contribution >= 4 is 25.8 Å². The van der Waals surface area contributed by atoms with Gasteiger partial charge in [-0.1, -0.05) is 17.7 Å². The number of amides is 1. The molecule has 28 heavy (non-hydrogen) atoms. The van der Waals surface area contributed by atoms with E-state index in [0.29, 0.717) is 37.2 Å². The maximum absolute atomic E-state index is 12.9. The van der Waals surface area contributed by atoms with E-state index in [-0.39, 0.29) is 29.4 Å². The molecule has 2 fully saturated rings. The normalized spacial score (nSPS) is 25.5. The zero-order chi connectivity index (χ0) is 20.4. The summed E-state index contributed by atoms with van der Waals surface area (Å²) in [6, 6.07) is 6.57. The van der Waals surface area contributed by atoms with Crippen LogP contribution in [0.2, 0.25) is 0 Å². The van der Waals surface area contributed by atoms with Crippen molar-refractivity contribution in [1.82, 2.24) is 9.62 Å². The van der Waals surface area contributed by atoms with Gasteiger partial charge in [0.25, 0.3) is 0 Å². The number of aryl methyl sites for hydroxylation is 1. The van der Waals surface area contributed by atoms with E-state index in [9.17, 15) is 21.6 Å². The summed E-state index contributed by atoms with van der Waals surface area (Å²) >= 11 is 0. The molecular formula is C19H28N2O5S2. The van der Waals surface area contributed by atoms with Crippen molar-refractivity contribution in [3.8, 4) is 0 Å². The number of nitrogens with one attached hydrogen (secondary N) is 1. The molecule has 2 aliphatic heterocycles. The highest BCUT2D eigenvalue weighted by Gasteiger charge is 2.31. The fourth-order valence-corrected chi connectivity index (χ4v) is 7.11. The third-order valence-corrected chi connectivity index (χ3v) is 9.16. The quantitative estimate of drug-likeness (QED) is 0.740. The molecule has 0 aromatic heterocycles. The van der Waals surface area contributed by atoms with Crippen LogP contribution in [0.4, 0.5) is 0 Å². The van der Waals surface area contributed by atoms with Crippen LogP contribution < -0.4 is 5.32 Å². The first-order valence-corrected chi connectivity index (χ1v) is 13.0. The van der Waals surface area contributed by atoms with Crippen LogP contribution in [0.3, 0.4) is 0 Å². The summed E-state index contributed by atoms with van der Waals surface area (Å²) in [6.45, 7) is 2.83. The molecule has 0 saturated carbocycles. The monoisotopic (exact) mass is 428 g/mol. The van der Waals surface area contributed by atoms with Gasteiger partial charge in [-0.25, -0.2) is 16.8 Å². The molecule has 0 aliphatic carbocycles. The zero-order valence-electron chi connectivity index (χ0n) is 16.1. The molecule has 1 aromatic rings. The second kappa shape index (κ2) is 8.51. The largest absolute Gasteiger partial charge is 0.352 e. The number of hydrogen-bond donors (Lipinski definition) is 1. The molecule has 1 aromatic carbocycles. The Bertz CT molecular complexity index is 910. The van der Waals surface area contributed by atoms with Crippen molar-refractivity contribution in [3.05, 3.63) is 29.8 Å². The van der Waals surface area contributed by atoms with Crippen LogP contribution in [0.5, 0.6) is 0 Å². The van der Waals surface area contributed by atoms with E-state index in [1.807, 2.05) is 6.92 Å². The molecule has 3 rings (SSSR count). The number of sulfone groups is 1. The van der Waals surface area contributed by atoms with Crippen LogP contribution in [-0.2, 0) is 24.7 Å². The maximum Gasteiger partial charge on any atom is 0.243 e. The number of piperidine rings is 1. The van der Waals surface area contributed by atoms with Crippen molar-refractivity contribution < 1.29 is 21.6 Å². The number of benzene rings is 1. The number of carbonyl (C=O) groups is 1. The van der Waals surface area contributed by atoms with Crippen LogP contribution in [-0.4, -0.2) is 57.7 Å². The summed E-state index contributed by atoms with van der Waals surface area (Å²) in [6.07, 6.45) is 3.04. The molecular weight excluding hydrogens is 400 g/mol. The van der Waals surface area contributed by atoms with Crippen LogP contribution in [0.1, 0.15) is 37.7 Å². The fourth-order valence-electron chi connectivity index (χ4n) is 3.88. The number of sulfonamides is 1. The second-order valence-corrected chi connectivity index (χ2v) is 12.1. The lowest BCUT2D eigenvalue weighted by molar-refractivity contribution is -0.122. The molecule has 2 unspecified atom stereocenters. The molecule has 2 aliphatic rings. The zero-order valence-corrected chi connectivity index (χ0v) is 17.8. The molecule has 0 radical (unpaired) electrons. The van der Waals surface area contributed by atoms with Crippen molar-refractivity contribution in [2.45, 2.75) is 50.0 Å². The average molecular weight is 429 g/mol. The van der Waals surface area contributed by atoms with Gasteiger partial charge in [0.2, 0.25) is 15.9 Å². The smallest absolute Gasteiger partial charge is 0.243 e. The third kappa shape index (κ3) is 5.33. The minimum atomic E-state index is -3.52. The van der Waals surface area contributed by atoms with Gasteiger partial charge in [-0.3, -0.25) is 4.79 Å². The molecule has 0 spiro atoms. The molecule has 2 heterocycles. The van der Waals surface area contributed by atoms with E-state index >= 15 is 0 Å². The topological polar surface area (TPSA) is 101 Å². The van der Waals surface area contributed by atoms with Crippen molar-refractivity contribution in [1.29, 1.82) is 0 Å². The Labute approximate surface area is 167 Å². The van der Waals surface area contributed by atoms with Gasteiger partial charge in [0.15, 0.2) is 9.84 Å². The van der Waals surface area contributed by atoms with Gasteiger partial charge in [-0.2, -0.15) is 4.31 Å². The molecule has 2 atom stereocenters. The summed E-state index contributed by atoms with van der Waals surface area (Å²) in [5.74, 6) is 0.129. The predicted molar refractivity (Wildman–Crippen MR) is 107 cm³/mol. The van der Waals surface area contributed by atoms with Crippen LogP contribution in [0, 0.1) is 12.8 Å². The van der Waals surface area contributed by atoms with Gasteiger partial charge in [0, 0.05) is 25.6 Å². The first-order chi connectivity index (χ1) is 13.2. The van der Waals surface area contributed by atoms with E-state index in [1.165, 1.54) is 4.31 Å². The van der Waals surface area contributed by atoms with Gasteiger partial charge in [-0.05, 0) is 50.7 Å². The maximum atomic E-state index is 12.9. The molecule has 0 bridgehead atoms. The van der Waals surface area contributed by atoms with Crippen molar-refractivity contribution in [2.75, 3.05) is 24.6 Å². The average Bonchev–Trinajstić information content (AvgIpc) is 2.99. The molecule has 1 amide bonds. The van der Waals surface area contributed by atoms with Gasteiger partial charge >= 0.3 is 0 Å². The Morgan fingerprint density at radius 2 is 1.93 bits per heavy atom. The SMILES string of the molecule is Cc1ccc(S(=O)(=O)N2CCCC(CCC(=O)NC3CCS(=O)(=O)C3)C2)cc1. The minimum absolute atomic E-state index is 0.0186. The standard InChI is InChI=1S/C19H28N2O5S2/c1-15-4-7-18(8-5-15)28(25,26)21-11-2-3-16(13-21)6-9-19(22)20-17-10-12-27(23,24)14-17/h4-5,7-8,16-17H,2-3,6,9-14H2,1H3,(H,20,22). The molecule has 7 nitrogen and oxygen atoms in total. The third-order valence-electron chi connectivity index (χ3n) is 5.52. The Kier molecular flexibility index (Phi) is 6.46. The van der Waals surface area contributed by atoms with E-state index in [0.717, 1.165) is 18.4 Å². The summed E-state index contributed by atoms with van der Waals surface area (Å²) in [5, 5.41) is 2.80. The molecule has 1 N–H and O–H groups in total. The van der Waals surface area contributed by atoms with E-state index in [4.69, 9.17) is 0 Å². The lowest BCUT2D eigenvalue weighted by atomic mass is 9.94. The number of rotatable bonds is 6. The van der Waals surface area contributed by atoms with Gasteiger partial charge in [0.05, 0.1) is 16.4 Å². The van der Waals surface area contributed by atoms with Gasteiger partial charge in [-0.15, -0.1) is 0 Å². The number of hydrogen-bond acceptors (Lipinski definition) is 5. The van der Waals surface area contributed by atoms with Crippen molar-refractivity contribution in [3.63, 3.8) is 0 Å². The van der Waals surface area contributed by atoms with Crippen LogP contribution >= 0.6 is 0 Å². The highest BCUT2D eigenvalue weighted by molar-refractivity contribution is 7.91. The first kappa shape index (κ1) is 21.3. The fraction of sp³-hybridized carbons (Fsp3) is 0.632. The number of nitrogens with zero attached hydrogens (tertiary/aromatic N) is 1. The molecule has 9 heteroatoms.